The summed E-state index contributed by atoms with van der Waals surface area (Å²) in [5.74, 6) is -4.23. The van der Waals surface area contributed by atoms with Crippen LogP contribution in [0.15, 0.2) is 0 Å². The lowest BCUT2D eigenvalue weighted by molar-refractivity contribution is -0.151. The number of carbonyl (C=O) groups is 6. The van der Waals surface area contributed by atoms with Crippen LogP contribution >= 0.6 is 0 Å². The number of Topliss-reactive ketones (excluding diaryl/α,β-unsaturated/α-hetero) is 1. The van der Waals surface area contributed by atoms with Gasteiger partial charge < -0.3 is 35.6 Å². The average molecular weight is 574 g/mol. The molecule has 0 radical (unpaired) electrons. The molecule has 3 amide bonds. The summed E-state index contributed by atoms with van der Waals surface area (Å²) < 4.78 is 10.6. The molecule has 0 aromatic rings. The summed E-state index contributed by atoms with van der Waals surface area (Å²) in [7, 11) is 0. The Bertz CT molecular complexity index is 912. The molecule has 13 nitrogen and oxygen atoms in total. The molecule has 0 fully saturated rings. The van der Waals surface area contributed by atoms with Gasteiger partial charge in [0.05, 0.1) is 25.2 Å². The summed E-state index contributed by atoms with van der Waals surface area (Å²) in [6.45, 7) is 13.4. The largest absolute Gasteiger partial charge is 0.481 e. The number of ether oxygens (including phenoxy) is 2. The van der Waals surface area contributed by atoms with Gasteiger partial charge in [0.15, 0.2) is 5.78 Å². The molecular weight excluding hydrogens is 526 g/mol. The molecule has 0 aliphatic heterocycles. The average Bonchev–Trinajstić information content (AvgIpc) is 2.81. The summed E-state index contributed by atoms with van der Waals surface area (Å²) in [5, 5.41) is 26.5. The zero-order valence-electron chi connectivity index (χ0n) is 25.0. The van der Waals surface area contributed by atoms with E-state index in [-0.39, 0.29) is 63.9 Å². The number of rotatable bonds is 20. The van der Waals surface area contributed by atoms with Gasteiger partial charge in [-0.3, -0.25) is 24.0 Å². The highest BCUT2D eigenvalue weighted by molar-refractivity contribution is 5.91. The number of aliphatic carboxylic acids is 2. The normalized spacial score (nSPS) is 12.9. The van der Waals surface area contributed by atoms with Crippen molar-refractivity contribution < 1.29 is 48.5 Å². The topological polar surface area (TPSA) is 197 Å². The number of hydrogen-bond acceptors (Lipinski definition) is 8. The zero-order chi connectivity index (χ0) is 31.3. The van der Waals surface area contributed by atoms with E-state index < -0.39 is 52.1 Å². The minimum absolute atomic E-state index is 0.000768. The van der Waals surface area contributed by atoms with Gasteiger partial charge in [0.25, 0.3) is 0 Å². The molecule has 40 heavy (non-hydrogen) atoms. The maximum absolute atomic E-state index is 12.7. The smallest absolute Gasteiger partial charge is 0.326 e. The third-order valence-electron chi connectivity index (χ3n) is 6.15. The molecule has 0 aliphatic carbocycles. The van der Waals surface area contributed by atoms with Crippen LogP contribution in [-0.4, -0.2) is 90.2 Å². The van der Waals surface area contributed by atoms with Crippen molar-refractivity contribution in [1.29, 1.82) is 0 Å². The summed E-state index contributed by atoms with van der Waals surface area (Å²) in [5.41, 5.74) is -3.69. The Kier molecular flexibility index (Phi) is 15.0. The lowest BCUT2D eigenvalue weighted by Crippen LogP contribution is -2.55. The van der Waals surface area contributed by atoms with Gasteiger partial charge >= 0.3 is 11.9 Å². The molecule has 0 heterocycles. The first-order chi connectivity index (χ1) is 18.2. The quantitative estimate of drug-likeness (QED) is 0.132. The summed E-state index contributed by atoms with van der Waals surface area (Å²) >= 11 is 0. The molecule has 0 unspecified atom stereocenters. The summed E-state index contributed by atoms with van der Waals surface area (Å²) in [6.07, 6.45) is -0.547. The van der Waals surface area contributed by atoms with Crippen molar-refractivity contribution in [1.82, 2.24) is 16.0 Å². The second-order valence-electron chi connectivity index (χ2n) is 11.9. The van der Waals surface area contributed by atoms with Crippen LogP contribution in [0, 0.1) is 16.7 Å². The minimum atomic E-state index is -1.38. The van der Waals surface area contributed by atoms with Crippen LogP contribution in [-0.2, 0) is 38.2 Å². The molecule has 0 spiro atoms. The molecule has 0 saturated heterocycles. The number of hydrogen-bond donors (Lipinski definition) is 5. The van der Waals surface area contributed by atoms with Crippen molar-refractivity contribution in [3.05, 3.63) is 0 Å². The molecule has 0 saturated carbocycles. The van der Waals surface area contributed by atoms with Crippen molar-refractivity contribution in [2.75, 3.05) is 33.0 Å². The molecule has 0 rings (SSSR count). The number of amides is 3. The Balaban J connectivity index is 4.62. The van der Waals surface area contributed by atoms with E-state index in [4.69, 9.17) is 9.47 Å². The van der Waals surface area contributed by atoms with E-state index in [0.717, 1.165) is 0 Å². The van der Waals surface area contributed by atoms with E-state index in [1.54, 1.807) is 13.8 Å². The first kappa shape index (κ1) is 36.9. The van der Waals surface area contributed by atoms with Crippen LogP contribution < -0.4 is 16.0 Å². The number of carboxylic acids is 2. The third-order valence-corrected chi connectivity index (χ3v) is 6.15. The molecule has 0 aromatic heterocycles. The first-order valence-electron chi connectivity index (χ1n) is 13.3. The van der Waals surface area contributed by atoms with Crippen LogP contribution in [0.4, 0.5) is 0 Å². The monoisotopic (exact) mass is 573 g/mol. The Labute approximate surface area is 236 Å². The van der Waals surface area contributed by atoms with Crippen molar-refractivity contribution >= 4 is 35.4 Å². The molecular formula is C27H47N3O10. The van der Waals surface area contributed by atoms with Gasteiger partial charge in [0.2, 0.25) is 17.7 Å². The summed E-state index contributed by atoms with van der Waals surface area (Å²) in [4.78, 5) is 72.3. The van der Waals surface area contributed by atoms with Crippen LogP contribution in [0.25, 0.3) is 0 Å². The zero-order valence-corrected chi connectivity index (χ0v) is 25.0. The van der Waals surface area contributed by atoms with Gasteiger partial charge in [-0.05, 0) is 40.5 Å². The Morgan fingerprint density at radius 3 is 1.90 bits per heavy atom. The van der Waals surface area contributed by atoms with Crippen LogP contribution in [0.1, 0.15) is 74.7 Å². The minimum Gasteiger partial charge on any atom is -0.481 e. The Morgan fingerprint density at radius 1 is 0.800 bits per heavy atom. The third kappa shape index (κ3) is 13.8. The maximum Gasteiger partial charge on any atom is 0.326 e. The molecule has 0 bridgehead atoms. The fraction of sp³-hybridized carbons (Fsp3) is 0.778. The predicted octanol–water partition coefficient (Wildman–Crippen LogP) is 1.13. The lowest BCUT2D eigenvalue weighted by Gasteiger charge is -2.32. The van der Waals surface area contributed by atoms with Crippen molar-refractivity contribution in [3.8, 4) is 0 Å². The van der Waals surface area contributed by atoms with Gasteiger partial charge in [0.1, 0.15) is 18.2 Å². The molecule has 5 N–H and O–H groups in total. The Hall–Kier alpha value is -3.06. The van der Waals surface area contributed by atoms with Gasteiger partial charge in [0, 0.05) is 24.3 Å². The van der Waals surface area contributed by atoms with Gasteiger partial charge in [-0.2, -0.15) is 0 Å². The number of carboxylic acid groups (broad SMARTS) is 2. The standard InChI is InChI=1S/C27H47N3O10/c1-17(2)19(31)15-40-14-13-39-12-11-28-23(36)27(7,8)30-20(32)10-9-18(21(33)34)29-22(35)25(3,4)16-26(5,6)24(37)38/h17-18H,9-16H2,1-8H3,(H,28,36)(H,29,35)(H,30,32)(H,33,34)(H,37,38)/t18-/m0/s1. The van der Waals surface area contributed by atoms with E-state index in [1.807, 2.05) is 0 Å². The van der Waals surface area contributed by atoms with Gasteiger partial charge in [-0.15, -0.1) is 0 Å². The molecule has 1 atom stereocenters. The van der Waals surface area contributed by atoms with Crippen molar-refractivity contribution in [2.45, 2.75) is 86.2 Å². The van der Waals surface area contributed by atoms with Crippen LogP contribution in [0.3, 0.4) is 0 Å². The van der Waals surface area contributed by atoms with Gasteiger partial charge in [-0.1, -0.05) is 27.7 Å². The van der Waals surface area contributed by atoms with Crippen molar-refractivity contribution in [2.24, 2.45) is 16.7 Å². The second kappa shape index (κ2) is 16.3. The number of ketones is 1. The van der Waals surface area contributed by atoms with E-state index >= 15 is 0 Å². The SMILES string of the molecule is CC(C)C(=O)COCCOCCNC(=O)C(C)(C)NC(=O)CC[C@H](NC(=O)C(C)(C)CC(C)(C)C(=O)O)C(=O)O. The highest BCUT2D eigenvalue weighted by atomic mass is 16.5. The molecule has 0 aliphatic rings. The van der Waals surface area contributed by atoms with E-state index in [2.05, 4.69) is 16.0 Å². The highest BCUT2D eigenvalue weighted by Gasteiger charge is 2.40. The van der Waals surface area contributed by atoms with E-state index in [0.29, 0.717) is 0 Å². The van der Waals surface area contributed by atoms with Crippen LogP contribution in [0.2, 0.25) is 0 Å². The maximum atomic E-state index is 12.7. The fourth-order valence-corrected chi connectivity index (χ4v) is 3.63. The van der Waals surface area contributed by atoms with Gasteiger partial charge in [-0.25, -0.2) is 4.79 Å². The number of nitrogens with one attached hydrogen (secondary N) is 3. The molecule has 0 aromatic carbocycles. The van der Waals surface area contributed by atoms with Crippen LogP contribution in [0.5, 0.6) is 0 Å². The Morgan fingerprint density at radius 2 is 1.38 bits per heavy atom. The molecule has 230 valence electrons. The predicted molar refractivity (Wildman–Crippen MR) is 145 cm³/mol. The van der Waals surface area contributed by atoms with Crippen molar-refractivity contribution in [3.63, 3.8) is 0 Å². The van der Waals surface area contributed by atoms with E-state index in [1.165, 1.54) is 41.5 Å². The summed E-state index contributed by atoms with van der Waals surface area (Å²) in [6, 6.07) is -1.38. The molecule has 13 heteroatoms. The lowest BCUT2D eigenvalue weighted by atomic mass is 9.74. The fourth-order valence-electron chi connectivity index (χ4n) is 3.63. The van der Waals surface area contributed by atoms with E-state index in [9.17, 15) is 39.0 Å². The first-order valence-corrected chi connectivity index (χ1v) is 13.3. The highest BCUT2D eigenvalue weighted by Crippen LogP contribution is 2.34. The second-order valence-corrected chi connectivity index (χ2v) is 11.9. The number of carbonyl (C=O) groups excluding carboxylic acids is 4.